The highest BCUT2D eigenvalue weighted by Gasteiger charge is 2.15. The molecule has 0 aliphatic heterocycles. The smallest absolute Gasteiger partial charge is 0.293 e. The van der Waals surface area contributed by atoms with Gasteiger partial charge in [0.15, 0.2) is 10.9 Å². The lowest BCUT2D eigenvalue weighted by atomic mass is 10.2. The Morgan fingerprint density at radius 2 is 1.85 bits per heavy atom. The van der Waals surface area contributed by atoms with Gasteiger partial charge in [0.2, 0.25) is 0 Å². The number of anilines is 1. The van der Waals surface area contributed by atoms with E-state index in [1.165, 1.54) is 0 Å². The summed E-state index contributed by atoms with van der Waals surface area (Å²) in [4.78, 5) is 12.3. The zero-order valence-corrected chi connectivity index (χ0v) is 17.5. The third-order valence-corrected chi connectivity index (χ3v) is 5.08. The molecular formula is C18H11Cl2IN2O2S. The summed E-state index contributed by atoms with van der Waals surface area (Å²) in [5.74, 6) is 0.0972. The molecule has 1 heterocycles. The number of benzene rings is 2. The van der Waals surface area contributed by atoms with Gasteiger partial charge in [-0.15, -0.1) is 0 Å². The van der Waals surface area contributed by atoms with Crippen LogP contribution < -0.4 is 10.6 Å². The molecule has 132 valence electrons. The third kappa shape index (κ3) is 4.56. The number of halogens is 3. The first kappa shape index (κ1) is 19.2. The molecule has 26 heavy (non-hydrogen) atoms. The lowest BCUT2D eigenvalue weighted by Crippen LogP contribution is -2.34. The molecular weight excluding hydrogens is 506 g/mol. The summed E-state index contributed by atoms with van der Waals surface area (Å²) < 4.78 is 6.58. The number of nitrogens with one attached hydrogen (secondary N) is 2. The number of hydrogen-bond acceptors (Lipinski definition) is 3. The predicted octanol–water partition coefficient (Wildman–Crippen LogP) is 5.98. The van der Waals surface area contributed by atoms with E-state index in [-0.39, 0.29) is 10.9 Å². The number of furan rings is 1. The number of carbonyl (C=O) groups is 1. The molecule has 3 rings (SSSR count). The van der Waals surface area contributed by atoms with Gasteiger partial charge in [-0.05, 0) is 77.3 Å². The summed E-state index contributed by atoms with van der Waals surface area (Å²) in [6, 6.07) is 15.8. The average molecular weight is 517 g/mol. The lowest BCUT2D eigenvalue weighted by molar-refractivity contribution is 0.0951. The number of carbonyl (C=O) groups excluding carboxylic acids is 1. The van der Waals surface area contributed by atoms with Crippen molar-refractivity contribution in [1.29, 1.82) is 0 Å². The maximum atomic E-state index is 12.3. The number of hydrogen-bond donors (Lipinski definition) is 2. The molecule has 0 radical (unpaired) electrons. The lowest BCUT2D eigenvalue weighted by Gasteiger charge is -2.10. The third-order valence-electron chi connectivity index (χ3n) is 3.37. The van der Waals surface area contributed by atoms with Crippen LogP contribution in [0.25, 0.3) is 11.3 Å². The van der Waals surface area contributed by atoms with Gasteiger partial charge in [0.05, 0.1) is 10.7 Å². The zero-order chi connectivity index (χ0) is 18.7. The number of para-hydroxylation sites is 1. The maximum absolute atomic E-state index is 12.3. The van der Waals surface area contributed by atoms with E-state index in [1.54, 1.807) is 30.3 Å². The molecule has 8 heteroatoms. The van der Waals surface area contributed by atoms with Crippen molar-refractivity contribution in [3.05, 3.63) is 74.0 Å². The Balaban J connectivity index is 1.71. The van der Waals surface area contributed by atoms with Crippen molar-refractivity contribution in [2.24, 2.45) is 0 Å². The second-order valence-corrected chi connectivity index (χ2v) is 7.59. The fourth-order valence-corrected chi connectivity index (χ4v) is 3.28. The van der Waals surface area contributed by atoms with Crippen LogP contribution in [0.2, 0.25) is 10.0 Å². The quantitative estimate of drug-likeness (QED) is 0.332. The van der Waals surface area contributed by atoms with Crippen LogP contribution in [-0.2, 0) is 0 Å². The topological polar surface area (TPSA) is 54.3 Å². The van der Waals surface area contributed by atoms with Gasteiger partial charge in [0, 0.05) is 14.2 Å². The molecule has 1 aromatic heterocycles. The molecule has 1 amide bonds. The van der Waals surface area contributed by atoms with Crippen molar-refractivity contribution >= 4 is 74.7 Å². The van der Waals surface area contributed by atoms with E-state index in [9.17, 15) is 4.79 Å². The molecule has 0 saturated heterocycles. The van der Waals surface area contributed by atoms with Gasteiger partial charge >= 0.3 is 0 Å². The molecule has 2 aromatic carbocycles. The molecule has 0 unspecified atom stereocenters. The van der Waals surface area contributed by atoms with Gasteiger partial charge in [-0.2, -0.15) is 0 Å². The van der Waals surface area contributed by atoms with E-state index >= 15 is 0 Å². The summed E-state index contributed by atoms with van der Waals surface area (Å²) in [7, 11) is 0. The molecule has 0 aliphatic carbocycles. The first-order valence-corrected chi connectivity index (χ1v) is 9.60. The minimum atomic E-state index is -0.460. The van der Waals surface area contributed by atoms with Crippen molar-refractivity contribution in [3.8, 4) is 11.3 Å². The largest absolute Gasteiger partial charge is 0.451 e. The average Bonchev–Trinajstić information content (AvgIpc) is 3.09. The summed E-state index contributed by atoms with van der Waals surface area (Å²) in [6.07, 6.45) is 0. The van der Waals surface area contributed by atoms with Crippen LogP contribution in [0.3, 0.4) is 0 Å². The first-order valence-electron chi connectivity index (χ1n) is 7.36. The summed E-state index contributed by atoms with van der Waals surface area (Å²) in [6.45, 7) is 0. The Morgan fingerprint density at radius 3 is 2.62 bits per heavy atom. The van der Waals surface area contributed by atoms with Crippen LogP contribution in [0.1, 0.15) is 10.6 Å². The van der Waals surface area contributed by atoms with Crippen molar-refractivity contribution in [1.82, 2.24) is 5.32 Å². The monoisotopic (exact) mass is 516 g/mol. The van der Waals surface area contributed by atoms with Crippen LogP contribution in [0, 0.1) is 3.57 Å². The SMILES string of the molecule is O=C(NC(=S)Nc1ccccc1I)c1ccc(-c2cc(Cl)ccc2Cl)o1. The van der Waals surface area contributed by atoms with Gasteiger partial charge in [0.25, 0.3) is 5.91 Å². The van der Waals surface area contributed by atoms with E-state index in [0.717, 1.165) is 9.26 Å². The van der Waals surface area contributed by atoms with Crippen LogP contribution in [0.15, 0.2) is 59.0 Å². The van der Waals surface area contributed by atoms with Gasteiger partial charge in [-0.1, -0.05) is 35.3 Å². The number of rotatable bonds is 3. The Morgan fingerprint density at radius 1 is 1.08 bits per heavy atom. The Labute approximate surface area is 179 Å². The summed E-state index contributed by atoms with van der Waals surface area (Å²) in [5.41, 5.74) is 1.42. The first-order chi connectivity index (χ1) is 12.4. The van der Waals surface area contributed by atoms with Crippen LogP contribution in [0.4, 0.5) is 5.69 Å². The maximum Gasteiger partial charge on any atom is 0.293 e. The molecule has 0 saturated carbocycles. The minimum absolute atomic E-state index is 0.114. The normalized spacial score (nSPS) is 10.4. The van der Waals surface area contributed by atoms with Gasteiger partial charge in [-0.25, -0.2) is 0 Å². The fourth-order valence-electron chi connectivity index (χ4n) is 2.17. The second kappa shape index (κ2) is 8.39. The highest BCUT2D eigenvalue weighted by molar-refractivity contribution is 14.1. The number of thiocarbonyl (C=S) groups is 1. The molecule has 0 spiro atoms. The predicted molar refractivity (Wildman–Crippen MR) is 117 cm³/mol. The van der Waals surface area contributed by atoms with E-state index < -0.39 is 5.91 Å². The molecule has 0 atom stereocenters. The summed E-state index contributed by atoms with van der Waals surface area (Å²) >= 11 is 19.5. The molecule has 0 bridgehead atoms. The molecule has 3 aromatic rings. The standard InChI is InChI=1S/C18H11Cl2IN2O2S/c19-10-5-6-12(20)11(9-10)15-7-8-16(25-15)17(24)23-18(26)22-14-4-2-1-3-13(14)21/h1-9H,(H2,22,23,24,26). The molecule has 4 nitrogen and oxygen atoms in total. The Hall–Kier alpha value is -1.61. The second-order valence-electron chi connectivity index (χ2n) is 5.18. The van der Waals surface area contributed by atoms with Crippen molar-refractivity contribution < 1.29 is 9.21 Å². The van der Waals surface area contributed by atoms with Gasteiger partial charge < -0.3 is 9.73 Å². The van der Waals surface area contributed by atoms with E-state index in [2.05, 4.69) is 33.2 Å². The van der Waals surface area contributed by atoms with E-state index in [1.807, 2.05) is 24.3 Å². The highest BCUT2D eigenvalue weighted by Crippen LogP contribution is 2.31. The zero-order valence-electron chi connectivity index (χ0n) is 13.1. The summed E-state index contributed by atoms with van der Waals surface area (Å²) in [5, 5.41) is 6.75. The minimum Gasteiger partial charge on any atom is -0.451 e. The van der Waals surface area contributed by atoms with Gasteiger partial charge in [0.1, 0.15) is 5.76 Å². The Kier molecular flexibility index (Phi) is 6.18. The van der Waals surface area contributed by atoms with Crippen molar-refractivity contribution in [2.75, 3.05) is 5.32 Å². The van der Waals surface area contributed by atoms with Crippen LogP contribution in [-0.4, -0.2) is 11.0 Å². The van der Waals surface area contributed by atoms with Crippen LogP contribution >= 0.6 is 58.0 Å². The van der Waals surface area contributed by atoms with Crippen LogP contribution in [0.5, 0.6) is 0 Å². The highest BCUT2D eigenvalue weighted by atomic mass is 127. The Bertz CT molecular complexity index is 991. The molecule has 0 aliphatic rings. The molecule has 0 fully saturated rings. The van der Waals surface area contributed by atoms with Crippen molar-refractivity contribution in [3.63, 3.8) is 0 Å². The van der Waals surface area contributed by atoms with E-state index in [4.69, 9.17) is 39.8 Å². The van der Waals surface area contributed by atoms with Crippen molar-refractivity contribution in [2.45, 2.75) is 0 Å². The van der Waals surface area contributed by atoms with Gasteiger partial charge in [-0.3, -0.25) is 10.1 Å². The number of amides is 1. The molecule has 2 N–H and O–H groups in total. The fraction of sp³-hybridized carbons (Fsp3) is 0. The van der Waals surface area contributed by atoms with E-state index in [0.29, 0.717) is 21.4 Å².